The van der Waals surface area contributed by atoms with Crippen LogP contribution in [0.3, 0.4) is 0 Å². The molecule has 0 spiro atoms. The largest absolute Gasteiger partial charge is 0.494 e. The van der Waals surface area contributed by atoms with Gasteiger partial charge in [0.05, 0.1) is 16.1 Å². The first kappa shape index (κ1) is 16.0. The molecule has 0 aliphatic heterocycles. The Hall–Kier alpha value is -0.360. The third kappa shape index (κ3) is 3.85. The topological polar surface area (TPSA) is 21.3 Å². The number of ether oxygens (including phenoxy) is 1. The van der Waals surface area contributed by atoms with Gasteiger partial charge in [-0.3, -0.25) is 0 Å². The molecule has 5 heteroatoms. The minimum absolute atomic E-state index is 0.412. The number of nitrogens with one attached hydrogen (secondary N) is 1. The molecular formula is C15H17Br2NOS. The van der Waals surface area contributed by atoms with Gasteiger partial charge in [0.25, 0.3) is 0 Å². The van der Waals surface area contributed by atoms with E-state index < -0.39 is 0 Å². The van der Waals surface area contributed by atoms with Gasteiger partial charge in [-0.2, -0.15) is 0 Å². The number of hydrogen-bond acceptors (Lipinski definition) is 3. The molecule has 1 aromatic carbocycles. The maximum Gasteiger partial charge on any atom is 0.147 e. The van der Waals surface area contributed by atoms with Crippen molar-refractivity contribution in [1.82, 2.24) is 5.32 Å². The summed E-state index contributed by atoms with van der Waals surface area (Å²) < 4.78 is 7.26. The van der Waals surface area contributed by atoms with Crippen molar-refractivity contribution >= 4 is 43.2 Å². The van der Waals surface area contributed by atoms with E-state index in [1.165, 1.54) is 10.4 Å². The number of rotatable bonds is 6. The fraction of sp³-hybridized carbons (Fsp3) is 0.333. The van der Waals surface area contributed by atoms with Crippen molar-refractivity contribution in [2.75, 3.05) is 7.11 Å². The van der Waals surface area contributed by atoms with Crippen molar-refractivity contribution in [2.24, 2.45) is 0 Å². The van der Waals surface area contributed by atoms with Crippen LogP contribution in [0.5, 0.6) is 5.75 Å². The molecule has 2 nitrogen and oxygen atoms in total. The molecule has 0 amide bonds. The second kappa shape index (κ2) is 7.59. The van der Waals surface area contributed by atoms with Crippen LogP contribution < -0.4 is 10.1 Å². The van der Waals surface area contributed by atoms with E-state index in [-0.39, 0.29) is 0 Å². The first-order valence-corrected chi connectivity index (χ1v) is 8.91. The Kier molecular flexibility index (Phi) is 6.08. The molecule has 1 heterocycles. The highest BCUT2D eigenvalue weighted by Gasteiger charge is 2.11. The lowest BCUT2D eigenvalue weighted by atomic mass is 10.1. The molecule has 0 aliphatic rings. The van der Waals surface area contributed by atoms with Gasteiger partial charge in [0.15, 0.2) is 0 Å². The highest BCUT2D eigenvalue weighted by Crippen LogP contribution is 2.34. The van der Waals surface area contributed by atoms with Gasteiger partial charge < -0.3 is 10.1 Å². The Bertz CT molecular complexity index is 534. The van der Waals surface area contributed by atoms with E-state index in [4.69, 9.17) is 4.74 Å². The average Bonchev–Trinajstić information content (AvgIpc) is 2.93. The third-order valence-electron chi connectivity index (χ3n) is 3.11. The van der Waals surface area contributed by atoms with Gasteiger partial charge >= 0.3 is 0 Å². The van der Waals surface area contributed by atoms with Crippen LogP contribution in [0.4, 0.5) is 0 Å². The maximum absolute atomic E-state index is 5.32. The van der Waals surface area contributed by atoms with Crippen LogP contribution in [0, 0.1) is 0 Å². The minimum atomic E-state index is 0.412. The van der Waals surface area contributed by atoms with Gasteiger partial charge in [0.2, 0.25) is 0 Å². The fourth-order valence-electron chi connectivity index (χ4n) is 2.09. The molecule has 1 unspecified atom stereocenters. The zero-order chi connectivity index (χ0) is 14.5. The van der Waals surface area contributed by atoms with Gasteiger partial charge in [-0.05, 0) is 67.4 Å². The molecule has 2 aromatic rings. The molecule has 0 bridgehead atoms. The van der Waals surface area contributed by atoms with Crippen LogP contribution in [0.25, 0.3) is 0 Å². The normalized spacial score (nSPS) is 12.4. The molecule has 108 valence electrons. The van der Waals surface area contributed by atoms with E-state index in [9.17, 15) is 0 Å². The summed E-state index contributed by atoms with van der Waals surface area (Å²) in [5.41, 5.74) is 1.22. The van der Waals surface area contributed by atoms with E-state index in [0.29, 0.717) is 6.04 Å². The summed E-state index contributed by atoms with van der Waals surface area (Å²) in [6.07, 6.45) is 1.08. The highest BCUT2D eigenvalue weighted by molar-refractivity contribution is 9.11. The molecule has 1 aromatic heterocycles. The summed E-state index contributed by atoms with van der Waals surface area (Å²) in [6, 6.07) is 8.89. The Balaban J connectivity index is 2.07. The molecule has 0 saturated carbocycles. The highest BCUT2D eigenvalue weighted by atomic mass is 79.9. The number of methoxy groups -OCH3 is 1. The van der Waals surface area contributed by atoms with Crippen LogP contribution in [-0.4, -0.2) is 7.11 Å². The predicted molar refractivity (Wildman–Crippen MR) is 92.6 cm³/mol. The molecule has 1 atom stereocenters. The van der Waals surface area contributed by atoms with E-state index in [1.54, 1.807) is 18.4 Å². The number of halogens is 2. The van der Waals surface area contributed by atoms with Crippen molar-refractivity contribution in [3.63, 3.8) is 0 Å². The Labute approximate surface area is 140 Å². The van der Waals surface area contributed by atoms with E-state index in [0.717, 1.165) is 27.7 Å². The van der Waals surface area contributed by atoms with Crippen LogP contribution >= 0.6 is 43.2 Å². The Morgan fingerprint density at radius 2 is 2.00 bits per heavy atom. The van der Waals surface area contributed by atoms with Crippen LogP contribution in [0.15, 0.2) is 38.6 Å². The molecular weight excluding hydrogens is 402 g/mol. The van der Waals surface area contributed by atoms with Crippen molar-refractivity contribution in [1.29, 1.82) is 0 Å². The second-order valence-electron chi connectivity index (χ2n) is 4.45. The monoisotopic (exact) mass is 417 g/mol. The number of thiophene rings is 1. The smallest absolute Gasteiger partial charge is 0.147 e. The molecule has 0 radical (unpaired) electrons. The first-order chi connectivity index (χ1) is 9.65. The number of benzene rings is 1. The van der Waals surface area contributed by atoms with Crippen molar-refractivity contribution in [2.45, 2.75) is 25.9 Å². The molecule has 0 saturated heterocycles. The van der Waals surface area contributed by atoms with E-state index >= 15 is 0 Å². The quantitative estimate of drug-likeness (QED) is 0.666. The van der Waals surface area contributed by atoms with E-state index in [2.05, 4.69) is 73.7 Å². The van der Waals surface area contributed by atoms with Crippen LogP contribution in [0.1, 0.15) is 29.8 Å². The number of hydrogen-bond donors (Lipinski definition) is 1. The summed E-state index contributed by atoms with van der Waals surface area (Å²) in [4.78, 5) is 1.39. The zero-order valence-corrected chi connectivity index (χ0v) is 15.4. The Morgan fingerprint density at radius 1 is 1.30 bits per heavy atom. The van der Waals surface area contributed by atoms with Crippen LogP contribution in [-0.2, 0) is 6.54 Å². The third-order valence-corrected chi connectivity index (χ3v) is 5.27. The molecule has 1 N–H and O–H groups in total. The van der Waals surface area contributed by atoms with E-state index in [1.807, 2.05) is 0 Å². The van der Waals surface area contributed by atoms with Gasteiger partial charge in [0.1, 0.15) is 5.75 Å². The second-order valence-corrected chi connectivity index (χ2v) is 7.14. The summed E-state index contributed by atoms with van der Waals surface area (Å²) in [5.74, 6) is 0.832. The SMILES string of the molecule is CCC(NCc1cc(Br)c(OC)c(Br)c1)c1cccs1. The summed E-state index contributed by atoms with van der Waals surface area (Å²) in [7, 11) is 1.67. The average molecular weight is 419 g/mol. The van der Waals surface area contributed by atoms with Gasteiger partial charge in [-0.25, -0.2) is 0 Å². The van der Waals surface area contributed by atoms with Gasteiger partial charge in [-0.15, -0.1) is 11.3 Å². The summed E-state index contributed by atoms with van der Waals surface area (Å²) >= 11 is 8.88. The van der Waals surface area contributed by atoms with Crippen LogP contribution in [0.2, 0.25) is 0 Å². The van der Waals surface area contributed by atoms with Crippen molar-refractivity contribution in [3.05, 3.63) is 49.0 Å². The lowest BCUT2D eigenvalue weighted by Gasteiger charge is -2.16. The lowest BCUT2D eigenvalue weighted by molar-refractivity contribution is 0.409. The lowest BCUT2D eigenvalue weighted by Crippen LogP contribution is -2.19. The standard InChI is InChI=1S/C15H17Br2NOS/c1-3-13(14-5-4-6-20-14)18-9-10-7-11(16)15(19-2)12(17)8-10/h4-8,13,18H,3,9H2,1-2H3. The molecule has 0 aliphatic carbocycles. The molecule has 2 rings (SSSR count). The summed E-state index contributed by atoms with van der Waals surface area (Å²) in [5, 5.41) is 5.73. The Morgan fingerprint density at radius 3 is 2.50 bits per heavy atom. The maximum atomic E-state index is 5.32. The van der Waals surface area contributed by atoms with Gasteiger partial charge in [0, 0.05) is 17.5 Å². The summed E-state index contributed by atoms with van der Waals surface area (Å²) in [6.45, 7) is 3.04. The van der Waals surface area contributed by atoms with Crippen molar-refractivity contribution < 1.29 is 4.74 Å². The zero-order valence-electron chi connectivity index (χ0n) is 11.5. The van der Waals surface area contributed by atoms with Gasteiger partial charge in [-0.1, -0.05) is 13.0 Å². The van der Waals surface area contributed by atoms with Crippen molar-refractivity contribution in [3.8, 4) is 5.75 Å². The minimum Gasteiger partial charge on any atom is -0.494 e. The molecule has 0 fully saturated rings. The predicted octanol–water partition coefficient (Wildman–Crippen LogP) is 5.52. The molecule has 20 heavy (non-hydrogen) atoms. The fourth-order valence-corrected chi connectivity index (χ4v) is 4.58. The first-order valence-electron chi connectivity index (χ1n) is 6.44.